The van der Waals surface area contributed by atoms with Gasteiger partial charge in [0.1, 0.15) is 4.90 Å². The van der Waals surface area contributed by atoms with E-state index in [9.17, 15) is 16.8 Å². The molecule has 0 atom stereocenters. The second-order valence-electron chi connectivity index (χ2n) is 3.69. The molecule has 0 aliphatic heterocycles. The van der Waals surface area contributed by atoms with Gasteiger partial charge in [0.15, 0.2) is 0 Å². The second-order valence-corrected chi connectivity index (χ2v) is 7.36. The minimum absolute atomic E-state index is 0.0741. The number of hydrogen-bond donors (Lipinski definition) is 2. The van der Waals surface area contributed by atoms with Gasteiger partial charge in [-0.3, -0.25) is 9.11 Å². The predicted octanol–water partition coefficient (Wildman–Crippen LogP) is 2.63. The number of rotatable bonds is 2. The lowest BCUT2D eigenvalue weighted by Gasteiger charge is -1.97. The van der Waals surface area contributed by atoms with Crippen LogP contribution in [0.25, 0.3) is 0 Å². The van der Waals surface area contributed by atoms with Gasteiger partial charge in [-0.05, 0) is 40.2 Å². The zero-order valence-corrected chi connectivity index (χ0v) is 13.6. The first kappa shape index (κ1) is 17.8. The molecule has 0 aromatic heterocycles. The van der Waals surface area contributed by atoms with E-state index in [2.05, 4.69) is 15.9 Å². The van der Waals surface area contributed by atoms with E-state index in [0.29, 0.717) is 4.47 Å². The molecule has 0 unspecified atom stereocenters. The molecule has 2 aromatic carbocycles. The fourth-order valence-corrected chi connectivity index (χ4v) is 3.21. The van der Waals surface area contributed by atoms with E-state index >= 15 is 0 Å². The van der Waals surface area contributed by atoms with Crippen LogP contribution in [0.4, 0.5) is 0 Å². The van der Waals surface area contributed by atoms with Gasteiger partial charge in [-0.1, -0.05) is 30.3 Å². The van der Waals surface area contributed by atoms with Gasteiger partial charge in [-0.15, -0.1) is 0 Å². The molecule has 0 radical (unpaired) electrons. The Kier molecular flexibility index (Phi) is 6.05. The number of halogens is 1. The first-order valence-corrected chi connectivity index (χ1v) is 9.04. The molecule has 0 amide bonds. The molecule has 0 heterocycles. The summed E-state index contributed by atoms with van der Waals surface area (Å²) in [6.07, 6.45) is 0. The topological polar surface area (TPSA) is 109 Å². The molecule has 0 spiro atoms. The Morgan fingerprint density at radius 3 is 1.52 bits per heavy atom. The van der Waals surface area contributed by atoms with Crippen molar-refractivity contribution in [3.05, 3.63) is 59.1 Å². The molecule has 0 aliphatic carbocycles. The maximum absolute atomic E-state index is 10.6. The largest absolute Gasteiger partial charge is 0.295 e. The molecular weight excluding hydrogens is 384 g/mol. The molecule has 114 valence electrons. The second kappa shape index (κ2) is 7.14. The van der Waals surface area contributed by atoms with Crippen LogP contribution in [-0.2, 0) is 20.2 Å². The van der Waals surface area contributed by atoms with Crippen molar-refractivity contribution >= 4 is 36.2 Å². The van der Waals surface area contributed by atoms with E-state index in [1.54, 1.807) is 30.3 Å². The Balaban J connectivity index is 0.000000211. The normalized spacial score (nSPS) is 11.4. The summed E-state index contributed by atoms with van der Waals surface area (Å²) in [6, 6.07) is 13.5. The van der Waals surface area contributed by atoms with Crippen LogP contribution in [-0.4, -0.2) is 25.9 Å². The molecule has 9 heteroatoms. The third-order valence-corrected chi connectivity index (χ3v) is 4.89. The summed E-state index contributed by atoms with van der Waals surface area (Å²) < 4.78 is 59.4. The van der Waals surface area contributed by atoms with Crippen LogP contribution in [0.15, 0.2) is 68.9 Å². The van der Waals surface area contributed by atoms with E-state index in [-0.39, 0.29) is 9.79 Å². The highest BCUT2D eigenvalue weighted by molar-refractivity contribution is 9.10. The Morgan fingerprint density at radius 1 is 0.714 bits per heavy atom. The maximum atomic E-state index is 10.6. The molecular formula is C12H11BrO6S2. The minimum Gasteiger partial charge on any atom is -0.282 e. The number of benzene rings is 2. The highest BCUT2D eigenvalue weighted by Crippen LogP contribution is 2.20. The fraction of sp³-hybridized carbons (Fsp3) is 0. The van der Waals surface area contributed by atoms with Gasteiger partial charge in [0.2, 0.25) is 0 Å². The van der Waals surface area contributed by atoms with E-state index in [0.717, 1.165) is 0 Å². The van der Waals surface area contributed by atoms with Gasteiger partial charge in [0, 0.05) is 4.47 Å². The van der Waals surface area contributed by atoms with Gasteiger partial charge < -0.3 is 0 Å². The Hall–Kier alpha value is -1.26. The molecule has 0 aliphatic rings. The molecule has 21 heavy (non-hydrogen) atoms. The average Bonchev–Trinajstić information content (AvgIpc) is 2.39. The fourth-order valence-electron chi connectivity index (χ4n) is 1.25. The molecule has 6 nitrogen and oxygen atoms in total. The van der Waals surface area contributed by atoms with Crippen molar-refractivity contribution < 1.29 is 25.9 Å². The maximum Gasteiger partial charge on any atom is 0.295 e. The third kappa shape index (κ3) is 5.94. The zero-order chi connectivity index (χ0) is 16.1. The highest BCUT2D eigenvalue weighted by Gasteiger charge is 2.11. The van der Waals surface area contributed by atoms with Crippen LogP contribution in [0.1, 0.15) is 0 Å². The van der Waals surface area contributed by atoms with E-state index in [4.69, 9.17) is 9.11 Å². The SMILES string of the molecule is O=S(=O)(O)c1ccccc1.O=S(=O)(O)c1ccccc1Br. The smallest absolute Gasteiger partial charge is 0.282 e. The van der Waals surface area contributed by atoms with Gasteiger partial charge in [-0.2, -0.15) is 16.8 Å². The van der Waals surface area contributed by atoms with Gasteiger partial charge in [-0.25, -0.2) is 0 Å². The first-order valence-electron chi connectivity index (χ1n) is 5.37. The summed E-state index contributed by atoms with van der Waals surface area (Å²) in [4.78, 5) is -0.185. The van der Waals surface area contributed by atoms with Gasteiger partial charge in [0.05, 0.1) is 4.90 Å². The first-order chi connectivity index (χ1) is 9.62. The van der Waals surface area contributed by atoms with Crippen molar-refractivity contribution in [1.82, 2.24) is 0 Å². The summed E-state index contributed by atoms with van der Waals surface area (Å²) in [7, 11) is -8.08. The van der Waals surface area contributed by atoms with Crippen molar-refractivity contribution in [3.8, 4) is 0 Å². The molecule has 0 bridgehead atoms. The zero-order valence-electron chi connectivity index (χ0n) is 10.4. The lowest BCUT2D eigenvalue weighted by Crippen LogP contribution is -1.98. The van der Waals surface area contributed by atoms with Crippen LogP contribution in [0.5, 0.6) is 0 Å². The van der Waals surface area contributed by atoms with Crippen LogP contribution in [0.2, 0.25) is 0 Å². The van der Waals surface area contributed by atoms with Crippen molar-refractivity contribution in [2.24, 2.45) is 0 Å². The van der Waals surface area contributed by atoms with Crippen molar-refractivity contribution in [1.29, 1.82) is 0 Å². The Bertz CT molecular complexity index is 801. The quantitative estimate of drug-likeness (QED) is 0.757. The van der Waals surface area contributed by atoms with Crippen molar-refractivity contribution in [3.63, 3.8) is 0 Å². The number of hydrogen-bond acceptors (Lipinski definition) is 4. The van der Waals surface area contributed by atoms with Crippen LogP contribution in [0, 0.1) is 0 Å². The van der Waals surface area contributed by atoms with Crippen LogP contribution in [0.3, 0.4) is 0 Å². The van der Waals surface area contributed by atoms with E-state index in [1.165, 1.54) is 24.3 Å². The Morgan fingerprint density at radius 2 is 1.19 bits per heavy atom. The molecule has 2 aromatic rings. The molecule has 2 rings (SSSR count). The minimum atomic E-state index is -4.08. The van der Waals surface area contributed by atoms with Crippen molar-refractivity contribution in [2.75, 3.05) is 0 Å². The van der Waals surface area contributed by atoms with Crippen molar-refractivity contribution in [2.45, 2.75) is 9.79 Å². The van der Waals surface area contributed by atoms with Crippen LogP contribution < -0.4 is 0 Å². The summed E-state index contributed by atoms with van der Waals surface area (Å²) in [5.74, 6) is 0. The lowest BCUT2D eigenvalue weighted by molar-refractivity contribution is 0.480. The lowest BCUT2D eigenvalue weighted by atomic mass is 10.4. The third-order valence-electron chi connectivity index (χ3n) is 2.16. The van der Waals surface area contributed by atoms with Gasteiger partial charge >= 0.3 is 0 Å². The molecule has 0 saturated carbocycles. The highest BCUT2D eigenvalue weighted by atomic mass is 79.9. The predicted molar refractivity (Wildman–Crippen MR) is 80.2 cm³/mol. The Labute approximate surface area is 131 Å². The summed E-state index contributed by atoms with van der Waals surface area (Å²) in [6.45, 7) is 0. The monoisotopic (exact) mass is 394 g/mol. The molecule has 0 saturated heterocycles. The molecule has 0 fully saturated rings. The molecule has 2 N–H and O–H groups in total. The standard InChI is InChI=1S/C6H5BrO3S.C6H6O3S/c7-5-3-1-2-4-6(5)11(8,9)10;7-10(8,9)6-4-2-1-3-5-6/h1-4H,(H,8,9,10);1-5H,(H,7,8,9). The van der Waals surface area contributed by atoms with E-state index < -0.39 is 20.2 Å². The summed E-state index contributed by atoms with van der Waals surface area (Å²) in [5.41, 5.74) is 0. The average molecular weight is 395 g/mol. The van der Waals surface area contributed by atoms with Crippen LogP contribution >= 0.6 is 15.9 Å². The van der Waals surface area contributed by atoms with E-state index in [1.807, 2.05) is 0 Å². The summed E-state index contributed by atoms with van der Waals surface area (Å²) in [5, 5.41) is 0. The summed E-state index contributed by atoms with van der Waals surface area (Å²) >= 11 is 2.99. The van der Waals surface area contributed by atoms with Gasteiger partial charge in [0.25, 0.3) is 20.2 Å².